The number of ether oxygens (including phenoxy) is 1. The molecule has 1 fully saturated rings. The summed E-state index contributed by atoms with van der Waals surface area (Å²) in [5.74, 6) is -3.02. The van der Waals surface area contributed by atoms with E-state index in [1.54, 1.807) is 12.1 Å². The summed E-state index contributed by atoms with van der Waals surface area (Å²) in [6, 6.07) is 6.22. The topological polar surface area (TPSA) is 58.6 Å². The van der Waals surface area contributed by atoms with E-state index >= 15 is 0 Å². The number of alkyl halides is 2. The van der Waals surface area contributed by atoms with E-state index in [-0.39, 0.29) is 16.3 Å². The van der Waals surface area contributed by atoms with Gasteiger partial charge in [0.25, 0.3) is 11.7 Å². The first-order valence-electron chi connectivity index (χ1n) is 8.76. The molecule has 0 saturated carbocycles. The monoisotopic (exact) mass is 448 g/mol. The van der Waals surface area contributed by atoms with Crippen LogP contribution >= 0.6 is 35.7 Å². The van der Waals surface area contributed by atoms with Gasteiger partial charge in [-0.05, 0) is 30.9 Å². The fourth-order valence-electron chi connectivity index (χ4n) is 2.55. The number of carbonyl (C=O) groups excluding carboxylic acids is 2. The van der Waals surface area contributed by atoms with Crippen LogP contribution in [0.4, 0.5) is 14.5 Å². The molecule has 1 aromatic rings. The van der Waals surface area contributed by atoms with Crippen molar-refractivity contribution in [2.45, 2.75) is 30.4 Å². The number of anilines is 1. The number of amides is 1. The third-order valence-electron chi connectivity index (χ3n) is 4.10. The fraction of sp³-hybridized carbons (Fsp3) is 0.500. The van der Waals surface area contributed by atoms with Crippen molar-refractivity contribution in [2.24, 2.45) is 5.92 Å². The van der Waals surface area contributed by atoms with E-state index in [2.05, 4.69) is 17.1 Å². The number of piperidine rings is 1. The minimum absolute atomic E-state index is 0.0238. The van der Waals surface area contributed by atoms with Crippen LogP contribution in [0.3, 0.4) is 0 Å². The zero-order valence-electron chi connectivity index (χ0n) is 15.4. The maximum absolute atomic E-state index is 12.6. The number of esters is 1. The molecule has 0 unspecified atom stereocenters. The summed E-state index contributed by atoms with van der Waals surface area (Å²) in [5.41, 5.74) is 0.253. The van der Waals surface area contributed by atoms with Crippen LogP contribution in [-0.4, -0.2) is 52.3 Å². The Morgan fingerprint density at radius 2 is 2.00 bits per heavy atom. The van der Waals surface area contributed by atoms with Gasteiger partial charge in [-0.2, -0.15) is 8.78 Å². The minimum atomic E-state index is -2.60. The number of halogens is 2. The van der Waals surface area contributed by atoms with Crippen LogP contribution in [0.25, 0.3) is 0 Å². The van der Waals surface area contributed by atoms with E-state index in [9.17, 15) is 18.4 Å². The minimum Gasteiger partial charge on any atom is -0.455 e. The molecule has 1 saturated heterocycles. The Bertz CT molecular complexity index is 698. The van der Waals surface area contributed by atoms with Crippen LogP contribution in [0.15, 0.2) is 29.2 Å². The predicted octanol–water partition coefficient (Wildman–Crippen LogP) is 4.23. The quantitative estimate of drug-likeness (QED) is 0.380. The van der Waals surface area contributed by atoms with Gasteiger partial charge in [-0.15, -0.1) is 0 Å². The maximum Gasteiger partial charge on any atom is 0.316 e. The number of hydrogen-bond acceptors (Lipinski definition) is 6. The summed E-state index contributed by atoms with van der Waals surface area (Å²) in [6.07, 6.45) is 2.16. The van der Waals surface area contributed by atoms with Gasteiger partial charge in [0.1, 0.15) is 4.32 Å². The number of likely N-dealkylation sites (tertiary alicyclic amines) is 1. The highest BCUT2D eigenvalue weighted by molar-refractivity contribution is 8.23. The molecule has 1 aliphatic heterocycles. The Morgan fingerprint density at radius 1 is 1.32 bits per heavy atom. The smallest absolute Gasteiger partial charge is 0.316 e. The number of carbonyl (C=O) groups is 2. The van der Waals surface area contributed by atoms with E-state index < -0.39 is 24.2 Å². The van der Waals surface area contributed by atoms with Crippen LogP contribution in [0.5, 0.6) is 0 Å². The van der Waals surface area contributed by atoms with Crippen molar-refractivity contribution in [1.29, 1.82) is 0 Å². The normalized spacial score (nSPS) is 14.8. The number of nitrogens with one attached hydrogen (secondary N) is 1. The van der Waals surface area contributed by atoms with E-state index in [0.29, 0.717) is 22.0 Å². The SMILES string of the molecule is CC1CCN(C(=S)SCC(=O)OCC(=O)Nc2ccccc2SC(F)F)CC1. The Balaban J connectivity index is 1.71. The number of hydrogen-bond donors (Lipinski definition) is 1. The predicted molar refractivity (Wildman–Crippen MR) is 113 cm³/mol. The lowest BCUT2D eigenvalue weighted by atomic mass is 10.00. The summed E-state index contributed by atoms with van der Waals surface area (Å²) in [6.45, 7) is 3.50. The molecule has 10 heteroatoms. The van der Waals surface area contributed by atoms with E-state index in [4.69, 9.17) is 17.0 Å². The zero-order chi connectivity index (χ0) is 20.5. The second kappa shape index (κ2) is 11.6. The van der Waals surface area contributed by atoms with Crippen LogP contribution in [0.2, 0.25) is 0 Å². The summed E-state index contributed by atoms with van der Waals surface area (Å²) < 4.78 is 30.7. The summed E-state index contributed by atoms with van der Waals surface area (Å²) in [4.78, 5) is 26.1. The van der Waals surface area contributed by atoms with Crippen molar-refractivity contribution in [3.8, 4) is 0 Å². The first-order valence-corrected chi connectivity index (χ1v) is 11.0. The van der Waals surface area contributed by atoms with Crippen LogP contribution < -0.4 is 5.32 Å². The average Bonchev–Trinajstić information content (AvgIpc) is 2.66. The molecule has 1 aliphatic rings. The van der Waals surface area contributed by atoms with E-state index in [0.717, 1.165) is 25.9 Å². The van der Waals surface area contributed by atoms with Gasteiger partial charge in [-0.25, -0.2) is 0 Å². The maximum atomic E-state index is 12.6. The van der Waals surface area contributed by atoms with Gasteiger partial charge in [0.2, 0.25) is 0 Å². The molecule has 0 bridgehead atoms. The Hall–Kier alpha value is -1.39. The van der Waals surface area contributed by atoms with Crippen LogP contribution in [0.1, 0.15) is 19.8 Å². The lowest BCUT2D eigenvalue weighted by Gasteiger charge is -2.31. The molecule has 0 aromatic heterocycles. The van der Waals surface area contributed by atoms with Crippen molar-refractivity contribution >= 4 is 57.6 Å². The largest absolute Gasteiger partial charge is 0.455 e. The summed E-state index contributed by atoms with van der Waals surface area (Å²) in [5, 5.41) is 2.48. The molecule has 1 aromatic carbocycles. The highest BCUT2D eigenvalue weighted by Gasteiger charge is 2.19. The lowest BCUT2D eigenvalue weighted by molar-refractivity contribution is -0.144. The summed E-state index contributed by atoms with van der Waals surface area (Å²) in [7, 11) is 0. The number of benzene rings is 1. The molecule has 0 spiro atoms. The first-order chi connectivity index (χ1) is 13.3. The van der Waals surface area contributed by atoms with Gasteiger partial charge < -0.3 is 15.0 Å². The number of thiocarbonyl (C=S) groups is 1. The fourth-order valence-corrected chi connectivity index (χ4v) is 4.19. The van der Waals surface area contributed by atoms with Gasteiger partial charge in [0, 0.05) is 18.0 Å². The van der Waals surface area contributed by atoms with Crippen LogP contribution in [0, 0.1) is 5.92 Å². The molecule has 1 heterocycles. The molecule has 1 N–H and O–H groups in total. The molecule has 28 heavy (non-hydrogen) atoms. The number of rotatable bonds is 7. The molecule has 5 nitrogen and oxygen atoms in total. The molecule has 0 atom stereocenters. The Morgan fingerprint density at radius 3 is 2.68 bits per heavy atom. The standard InChI is InChI=1S/C18H22F2N2O3S3/c1-12-6-8-22(9-7-12)18(26)27-11-16(24)25-10-15(23)21-13-4-2-3-5-14(13)28-17(19)20/h2-5,12,17H,6-11H2,1H3,(H,21,23). The molecule has 2 rings (SSSR count). The number of nitrogens with zero attached hydrogens (tertiary/aromatic N) is 1. The molecular weight excluding hydrogens is 426 g/mol. The second-order valence-corrected chi connectivity index (χ2v) is 8.95. The van der Waals surface area contributed by atoms with E-state index in [1.807, 2.05) is 0 Å². The van der Waals surface area contributed by atoms with Gasteiger partial charge >= 0.3 is 5.97 Å². The highest BCUT2D eigenvalue weighted by atomic mass is 32.2. The molecule has 1 amide bonds. The third kappa shape index (κ3) is 7.92. The van der Waals surface area contributed by atoms with Crippen LogP contribution in [-0.2, 0) is 14.3 Å². The van der Waals surface area contributed by atoms with Gasteiger partial charge in [-0.3, -0.25) is 9.59 Å². The van der Waals surface area contributed by atoms with Crippen molar-refractivity contribution in [3.63, 3.8) is 0 Å². The Labute approximate surface area is 176 Å². The number of para-hydroxylation sites is 1. The van der Waals surface area contributed by atoms with Crippen molar-refractivity contribution in [2.75, 3.05) is 30.8 Å². The van der Waals surface area contributed by atoms with Crippen molar-refractivity contribution < 1.29 is 23.1 Å². The molecular formula is C18H22F2N2O3S3. The molecule has 154 valence electrons. The average molecular weight is 449 g/mol. The van der Waals surface area contributed by atoms with Crippen molar-refractivity contribution in [1.82, 2.24) is 4.90 Å². The second-order valence-electron chi connectivity index (χ2n) is 6.31. The molecule has 0 radical (unpaired) electrons. The van der Waals surface area contributed by atoms with Gasteiger partial charge in [-0.1, -0.05) is 54.8 Å². The zero-order valence-corrected chi connectivity index (χ0v) is 17.8. The third-order valence-corrected chi connectivity index (χ3v) is 6.38. The first kappa shape index (κ1) is 22.9. The summed E-state index contributed by atoms with van der Waals surface area (Å²) >= 11 is 6.90. The number of thioether (sulfide) groups is 2. The van der Waals surface area contributed by atoms with Gasteiger partial charge in [0.15, 0.2) is 6.61 Å². The van der Waals surface area contributed by atoms with Gasteiger partial charge in [0.05, 0.1) is 11.4 Å². The highest BCUT2D eigenvalue weighted by Crippen LogP contribution is 2.31. The van der Waals surface area contributed by atoms with E-state index in [1.165, 1.54) is 23.9 Å². The molecule has 0 aliphatic carbocycles. The Kier molecular flexibility index (Phi) is 9.46. The van der Waals surface area contributed by atoms with Crippen molar-refractivity contribution in [3.05, 3.63) is 24.3 Å². The lowest BCUT2D eigenvalue weighted by Crippen LogP contribution is -2.36.